The Morgan fingerprint density at radius 3 is 2.87 bits per heavy atom. The van der Waals surface area contributed by atoms with E-state index in [-0.39, 0.29) is 6.04 Å². The van der Waals surface area contributed by atoms with E-state index in [0.29, 0.717) is 0 Å². The van der Waals surface area contributed by atoms with Gasteiger partial charge in [-0.2, -0.15) is 0 Å². The maximum Gasteiger partial charge on any atom is 0.0465 e. The van der Waals surface area contributed by atoms with E-state index < -0.39 is 0 Å². The lowest BCUT2D eigenvalue weighted by atomic mass is 10.0. The third-order valence-corrected chi connectivity index (χ3v) is 3.08. The first-order valence-electron chi connectivity index (χ1n) is 4.74. The molecule has 0 amide bonds. The molecule has 0 saturated heterocycles. The van der Waals surface area contributed by atoms with E-state index in [4.69, 9.17) is 18.0 Å². The van der Waals surface area contributed by atoms with Gasteiger partial charge in [-0.15, -0.1) is 12.3 Å². The summed E-state index contributed by atoms with van der Waals surface area (Å²) >= 11 is 9.54. The standard InChI is InChI=1S/C12H13BrClN/c1-3-4-5-12(15-2)10-7-6-9(13)8-11(10)14/h1,6-8,12,15H,4-5H2,2H3. The third kappa shape index (κ3) is 3.53. The summed E-state index contributed by atoms with van der Waals surface area (Å²) in [5.74, 6) is 2.64. The fourth-order valence-electron chi connectivity index (χ4n) is 1.47. The summed E-state index contributed by atoms with van der Waals surface area (Å²) in [5, 5.41) is 3.98. The highest BCUT2D eigenvalue weighted by Crippen LogP contribution is 2.28. The third-order valence-electron chi connectivity index (χ3n) is 2.26. The van der Waals surface area contributed by atoms with Gasteiger partial charge in [-0.1, -0.05) is 33.6 Å². The van der Waals surface area contributed by atoms with Gasteiger partial charge in [0, 0.05) is 22.0 Å². The summed E-state index contributed by atoms with van der Waals surface area (Å²) in [6.45, 7) is 0. The monoisotopic (exact) mass is 285 g/mol. The summed E-state index contributed by atoms with van der Waals surface area (Å²) in [7, 11) is 1.92. The molecule has 1 nitrogen and oxygen atoms in total. The van der Waals surface area contributed by atoms with Crippen LogP contribution in [-0.2, 0) is 0 Å². The Kier molecular flexibility index (Phi) is 5.17. The maximum atomic E-state index is 6.16. The Balaban J connectivity index is 2.87. The highest BCUT2D eigenvalue weighted by molar-refractivity contribution is 9.10. The molecule has 1 rings (SSSR count). The van der Waals surface area contributed by atoms with Crippen LogP contribution in [0.4, 0.5) is 0 Å². The molecule has 0 aliphatic carbocycles. The number of hydrogen-bond acceptors (Lipinski definition) is 1. The van der Waals surface area contributed by atoms with Gasteiger partial charge in [0.15, 0.2) is 0 Å². The van der Waals surface area contributed by atoms with Crippen molar-refractivity contribution in [1.82, 2.24) is 5.32 Å². The van der Waals surface area contributed by atoms with E-state index >= 15 is 0 Å². The van der Waals surface area contributed by atoms with Crippen molar-refractivity contribution in [2.75, 3.05) is 7.05 Å². The van der Waals surface area contributed by atoms with Crippen LogP contribution < -0.4 is 5.32 Å². The molecule has 0 aromatic heterocycles. The molecule has 0 bridgehead atoms. The highest BCUT2D eigenvalue weighted by atomic mass is 79.9. The zero-order valence-corrected chi connectivity index (χ0v) is 10.9. The molecule has 0 heterocycles. The quantitative estimate of drug-likeness (QED) is 0.831. The summed E-state index contributed by atoms with van der Waals surface area (Å²) in [5.41, 5.74) is 1.10. The minimum Gasteiger partial charge on any atom is -0.313 e. The molecule has 1 aromatic rings. The molecule has 3 heteroatoms. The predicted octanol–water partition coefficient (Wildman–Crippen LogP) is 3.78. The number of halogens is 2. The molecule has 1 atom stereocenters. The number of rotatable bonds is 4. The lowest BCUT2D eigenvalue weighted by Crippen LogP contribution is -2.16. The number of terminal acetylenes is 1. The first kappa shape index (κ1) is 12.6. The molecule has 15 heavy (non-hydrogen) atoms. The minimum absolute atomic E-state index is 0.224. The molecule has 1 unspecified atom stereocenters. The Bertz CT molecular complexity index is 370. The van der Waals surface area contributed by atoms with Gasteiger partial charge in [-0.05, 0) is 31.2 Å². The molecule has 0 aliphatic heterocycles. The topological polar surface area (TPSA) is 12.0 Å². The molecule has 0 fully saturated rings. The molecule has 0 radical (unpaired) electrons. The van der Waals surface area contributed by atoms with Crippen molar-refractivity contribution in [2.24, 2.45) is 0 Å². The van der Waals surface area contributed by atoms with Gasteiger partial charge in [-0.3, -0.25) is 0 Å². The van der Waals surface area contributed by atoms with Crippen LogP contribution in [0.25, 0.3) is 0 Å². The SMILES string of the molecule is C#CCCC(NC)c1ccc(Br)cc1Cl. The molecule has 80 valence electrons. The van der Waals surface area contributed by atoms with Crippen LogP contribution in [0.3, 0.4) is 0 Å². The van der Waals surface area contributed by atoms with Gasteiger partial charge in [0.2, 0.25) is 0 Å². The molecule has 0 saturated carbocycles. The fourth-order valence-corrected chi connectivity index (χ4v) is 2.27. The Hall–Kier alpha value is -0.490. The molecular formula is C12H13BrClN. The summed E-state index contributed by atoms with van der Waals surface area (Å²) in [4.78, 5) is 0. The molecule has 0 spiro atoms. The van der Waals surface area contributed by atoms with E-state index in [1.54, 1.807) is 0 Å². The normalized spacial score (nSPS) is 12.1. The van der Waals surface area contributed by atoms with E-state index in [9.17, 15) is 0 Å². The van der Waals surface area contributed by atoms with E-state index in [1.165, 1.54) is 0 Å². The number of hydrogen-bond donors (Lipinski definition) is 1. The van der Waals surface area contributed by atoms with E-state index in [0.717, 1.165) is 27.9 Å². The Morgan fingerprint density at radius 2 is 2.33 bits per heavy atom. The van der Waals surface area contributed by atoms with Gasteiger partial charge in [0.05, 0.1) is 0 Å². The maximum absolute atomic E-state index is 6.16. The predicted molar refractivity (Wildman–Crippen MR) is 69.0 cm³/mol. The van der Waals surface area contributed by atoms with Crippen molar-refractivity contribution in [1.29, 1.82) is 0 Å². The smallest absolute Gasteiger partial charge is 0.0465 e. The van der Waals surface area contributed by atoms with Crippen LogP contribution in [0, 0.1) is 12.3 Å². The van der Waals surface area contributed by atoms with Crippen LogP contribution in [0.2, 0.25) is 5.02 Å². The first-order valence-corrected chi connectivity index (χ1v) is 5.91. The van der Waals surface area contributed by atoms with Crippen molar-refractivity contribution < 1.29 is 0 Å². The van der Waals surface area contributed by atoms with Gasteiger partial charge in [0.25, 0.3) is 0 Å². The lowest BCUT2D eigenvalue weighted by molar-refractivity contribution is 0.558. The zero-order chi connectivity index (χ0) is 11.3. The number of benzene rings is 1. The number of nitrogens with one attached hydrogen (secondary N) is 1. The van der Waals surface area contributed by atoms with E-state index in [1.807, 2.05) is 25.2 Å². The largest absolute Gasteiger partial charge is 0.313 e. The van der Waals surface area contributed by atoms with Gasteiger partial charge < -0.3 is 5.32 Å². The second-order valence-corrected chi connectivity index (χ2v) is 4.57. The summed E-state index contributed by atoms with van der Waals surface area (Å²) in [6.07, 6.45) is 6.90. The highest BCUT2D eigenvalue weighted by Gasteiger charge is 2.11. The van der Waals surface area contributed by atoms with Crippen LogP contribution in [0.15, 0.2) is 22.7 Å². The second kappa shape index (κ2) is 6.17. The van der Waals surface area contributed by atoms with Crippen molar-refractivity contribution in [3.05, 3.63) is 33.3 Å². The fraction of sp³-hybridized carbons (Fsp3) is 0.333. The molecular weight excluding hydrogens is 273 g/mol. The van der Waals surface area contributed by atoms with Crippen molar-refractivity contribution in [3.8, 4) is 12.3 Å². The van der Waals surface area contributed by atoms with Gasteiger partial charge in [-0.25, -0.2) is 0 Å². The van der Waals surface area contributed by atoms with Crippen molar-refractivity contribution in [3.63, 3.8) is 0 Å². The average Bonchev–Trinajstić information content (AvgIpc) is 2.21. The Labute approximate surface area is 104 Å². The molecule has 0 aliphatic rings. The second-order valence-electron chi connectivity index (χ2n) is 3.25. The van der Waals surface area contributed by atoms with Gasteiger partial charge >= 0.3 is 0 Å². The minimum atomic E-state index is 0.224. The summed E-state index contributed by atoms with van der Waals surface area (Å²) in [6, 6.07) is 6.13. The Morgan fingerprint density at radius 1 is 1.60 bits per heavy atom. The van der Waals surface area contributed by atoms with Gasteiger partial charge in [0.1, 0.15) is 0 Å². The van der Waals surface area contributed by atoms with Crippen molar-refractivity contribution in [2.45, 2.75) is 18.9 Å². The zero-order valence-electron chi connectivity index (χ0n) is 8.56. The van der Waals surface area contributed by atoms with Crippen LogP contribution in [0.1, 0.15) is 24.4 Å². The van der Waals surface area contributed by atoms with Crippen LogP contribution >= 0.6 is 27.5 Å². The lowest BCUT2D eigenvalue weighted by Gasteiger charge is -2.16. The van der Waals surface area contributed by atoms with E-state index in [2.05, 4.69) is 27.2 Å². The first-order chi connectivity index (χ1) is 7.19. The molecule has 1 N–H and O–H groups in total. The molecule has 1 aromatic carbocycles. The van der Waals surface area contributed by atoms with Crippen molar-refractivity contribution >= 4 is 27.5 Å². The van der Waals surface area contributed by atoms with Crippen LogP contribution in [-0.4, -0.2) is 7.05 Å². The average molecular weight is 287 g/mol. The van der Waals surface area contributed by atoms with Crippen LogP contribution in [0.5, 0.6) is 0 Å². The summed E-state index contributed by atoms with van der Waals surface area (Å²) < 4.78 is 0.989.